The fourth-order valence-corrected chi connectivity index (χ4v) is 5.69. The van der Waals surface area contributed by atoms with Crippen LogP contribution in [0.5, 0.6) is 11.5 Å². The summed E-state index contributed by atoms with van der Waals surface area (Å²) in [5, 5.41) is 19.4. The van der Waals surface area contributed by atoms with Crippen molar-refractivity contribution in [2.24, 2.45) is 4.99 Å². The minimum absolute atomic E-state index is 0.300. The van der Waals surface area contributed by atoms with Gasteiger partial charge in [0.25, 0.3) is 0 Å². The summed E-state index contributed by atoms with van der Waals surface area (Å²) in [6.07, 6.45) is 4.18. The molecule has 2 atom stereocenters. The highest BCUT2D eigenvalue weighted by Crippen LogP contribution is 2.31. The lowest BCUT2D eigenvalue weighted by Crippen LogP contribution is -2.46. The Bertz CT molecular complexity index is 1250. The van der Waals surface area contributed by atoms with Crippen molar-refractivity contribution in [2.75, 3.05) is 26.2 Å². The second kappa shape index (κ2) is 9.61. The van der Waals surface area contributed by atoms with E-state index in [0.717, 1.165) is 51.4 Å². The number of phenolic OH excluding ortho intramolecular Hbond substituents is 2. The first-order chi connectivity index (χ1) is 17.6. The van der Waals surface area contributed by atoms with Gasteiger partial charge in [0.2, 0.25) is 0 Å². The van der Waals surface area contributed by atoms with E-state index in [1.165, 1.54) is 22.5 Å². The average molecular weight is 481 g/mol. The maximum atomic E-state index is 9.70. The Morgan fingerprint density at radius 3 is 2.06 bits per heavy atom. The van der Waals surface area contributed by atoms with Gasteiger partial charge < -0.3 is 24.9 Å². The molecule has 0 radical (unpaired) electrons. The zero-order valence-electron chi connectivity index (χ0n) is 20.4. The number of phenols is 2. The lowest BCUT2D eigenvalue weighted by Gasteiger charge is -2.34. The Morgan fingerprint density at radius 1 is 0.694 bits per heavy atom. The fraction of sp³-hybridized carbons (Fsp3) is 0.300. The fourth-order valence-electron chi connectivity index (χ4n) is 5.69. The van der Waals surface area contributed by atoms with Gasteiger partial charge in [-0.05, 0) is 53.8 Å². The molecule has 3 aliphatic heterocycles. The van der Waals surface area contributed by atoms with Gasteiger partial charge in [0.05, 0.1) is 18.6 Å². The molecule has 0 spiro atoms. The van der Waals surface area contributed by atoms with Gasteiger partial charge in [-0.1, -0.05) is 54.6 Å². The van der Waals surface area contributed by atoms with Crippen molar-refractivity contribution >= 4 is 5.84 Å². The predicted molar refractivity (Wildman–Crippen MR) is 142 cm³/mol. The molecule has 0 aliphatic carbocycles. The van der Waals surface area contributed by atoms with Crippen LogP contribution in [0, 0.1) is 0 Å². The molecule has 184 valence electrons. The first-order valence-corrected chi connectivity index (χ1v) is 12.8. The lowest BCUT2D eigenvalue weighted by molar-refractivity contribution is 0.210. The van der Waals surface area contributed by atoms with Crippen molar-refractivity contribution in [3.05, 3.63) is 107 Å². The molecule has 3 heterocycles. The Morgan fingerprint density at radius 2 is 1.33 bits per heavy atom. The van der Waals surface area contributed by atoms with Crippen LogP contribution in [0.4, 0.5) is 0 Å². The molecule has 3 aromatic rings. The third-order valence-electron chi connectivity index (χ3n) is 7.57. The maximum Gasteiger partial charge on any atom is 0.127 e. The monoisotopic (exact) mass is 480 g/mol. The van der Waals surface area contributed by atoms with E-state index >= 15 is 0 Å². The van der Waals surface area contributed by atoms with Crippen molar-refractivity contribution in [1.29, 1.82) is 0 Å². The minimum Gasteiger partial charge on any atom is -0.508 e. The van der Waals surface area contributed by atoms with E-state index in [2.05, 4.69) is 51.1 Å². The van der Waals surface area contributed by atoms with Crippen molar-refractivity contribution in [2.45, 2.75) is 31.5 Å². The summed E-state index contributed by atoms with van der Waals surface area (Å²) >= 11 is 0. The summed E-state index contributed by atoms with van der Waals surface area (Å²) in [6, 6.07) is 26.5. The second-order valence-electron chi connectivity index (χ2n) is 10.0. The van der Waals surface area contributed by atoms with Crippen LogP contribution in [0.25, 0.3) is 0 Å². The van der Waals surface area contributed by atoms with E-state index in [1.54, 1.807) is 24.3 Å². The van der Waals surface area contributed by atoms with E-state index in [1.807, 2.05) is 24.3 Å². The lowest BCUT2D eigenvalue weighted by atomic mass is 10.0. The Labute approximate surface area is 212 Å². The number of rotatable bonds is 6. The molecule has 0 aromatic heterocycles. The van der Waals surface area contributed by atoms with Crippen molar-refractivity contribution in [1.82, 2.24) is 14.7 Å². The highest BCUT2D eigenvalue weighted by atomic mass is 16.3. The van der Waals surface area contributed by atoms with Crippen LogP contribution < -0.4 is 0 Å². The van der Waals surface area contributed by atoms with E-state index < -0.39 is 0 Å². The number of hydrogen-bond acceptors (Lipinski definition) is 6. The van der Waals surface area contributed by atoms with Crippen LogP contribution >= 0.6 is 0 Å². The first-order valence-electron chi connectivity index (χ1n) is 12.8. The number of aliphatic imine (C=N–C) groups is 1. The molecule has 0 unspecified atom stereocenters. The summed E-state index contributed by atoms with van der Waals surface area (Å²) < 4.78 is 0. The van der Waals surface area contributed by atoms with Gasteiger partial charge >= 0.3 is 0 Å². The molecule has 0 saturated carbocycles. The van der Waals surface area contributed by atoms with Crippen molar-refractivity contribution in [3.63, 3.8) is 0 Å². The van der Waals surface area contributed by atoms with Crippen LogP contribution in [-0.2, 0) is 19.4 Å². The molecular formula is C30H32N4O2. The van der Waals surface area contributed by atoms with Gasteiger partial charge in [0, 0.05) is 32.3 Å². The van der Waals surface area contributed by atoms with Gasteiger partial charge in [-0.2, -0.15) is 0 Å². The van der Waals surface area contributed by atoms with Crippen LogP contribution in [0.1, 0.15) is 16.7 Å². The molecule has 0 bridgehead atoms. The maximum absolute atomic E-state index is 9.70. The van der Waals surface area contributed by atoms with Crippen LogP contribution in [0.3, 0.4) is 0 Å². The number of amidine groups is 1. The van der Waals surface area contributed by atoms with Gasteiger partial charge in [-0.15, -0.1) is 0 Å². The topological polar surface area (TPSA) is 62.5 Å². The molecule has 6 heteroatoms. The Kier molecular flexibility index (Phi) is 6.01. The van der Waals surface area contributed by atoms with Gasteiger partial charge in [-0.3, -0.25) is 4.99 Å². The zero-order chi connectivity index (χ0) is 24.5. The molecule has 36 heavy (non-hydrogen) atoms. The van der Waals surface area contributed by atoms with E-state index in [-0.39, 0.29) is 0 Å². The highest BCUT2D eigenvalue weighted by molar-refractivity contribution is 5.95. The molecule has 6 nitrogen and oxygen atoms in total. The van der Waals surface area contributed by atoms with E-state index in [4.69, 9.17) is 4.99 Å². The van der Waals surface area contributed by atoms with Gasteiger partial charge in [0.15, 0.2) is 0 Å². The number of nitrogens with zero attached hydrogens (tertiary/aromatic N) is 4. The summed E-state index contributed by atoms with van der Waals surface area (Å²) in [6.45, 7) is 4.50. The van der Waals surface area contributed by atoms with Gasteiger partial charge in [-0.25, -0.2) is 0 Å². The third kappa shape index (κ3) is 4.63. The van der Waals surface area contributed by atoms with Crippen LogP contribution in [0.15, 0.2) is 95.8 Å². The summed E-state index contributed by atoms with van der Waals surface area (Å²) in [5.41, 5.74) is 3.77. The van der Waals surface area contributed by atoms with E-state index in [0.29, 0.717) is 23.6 Å². The minimum atomic E-state index is 0.300. The Hall–Kier alpha value is -3.93. The van der Waals surface area contributed by atoms with E-state index in [9.17, 15) is 10.2 Å². The van der Waals surface area contributed by atoms with Crippen molar-refractivity contribution in [3.8, 4) is 11.5 Å². The predicted octanol–water partition coefficient (Wildman–Crippen LogP) is 4.01. The number of benzene rings is 3. The normalized spacial score (nSPS) is 21.1. The molecule has 0 amide bonds. The molecule has 1 fully saturated rings. The highest BCUT2D eigenvalue weighted by Gasteiger charge is 2.39. The molecule has 2 N–H and O–H groups in total. The van der Waals surface area contributed by atoms with Crippen LogP contribution in [0.2, 0.25) is 0 Å². The SMILES string of the molecule is Oc1ccc(C[C@@H]2CN=C3C=C4N(Cc5ccc(O)cc5)CCN4[C@H](Cc4ccccc4)CN32)cc1. The molecule has 6 rings (SSSR count). The zero-order valence-corrected chi connectivity index (χ0v) is 20.4. The molecular weight excluding hydrogens is 448 g/mol. The number of aromatic hydroxyl groups is 2. The van der Waals surface area contributed by atoms with Crippen LogP contribution in [-0.4, -0.2) is 69.0 Å². The quantitative estimate of drug-likeness (QED) is 0.558. The number of fused-ring (bicyclic) bond motifs is 2. The largest absolute Gasteiger partial charge is 0.508 e. The standard InChI is InChI=1S/C30H32N4O2/c35-27-10-6-23(7-11-27)16-25-19-31-29-18-30-32(20-24-8-12-28(36)13-9-24)14-15-33(30)26(21-34(25)29)17-22-4-2-1-3-5-22/h1-13,18,25-26,35-36H,14-17,19-21H2/t25-,26-/m1/s1. The summed E-state index contributed by atoms with van der Waals surface area (Å²) in [4.78, 5) is 12.5. The molecule has 1 saturated heterocycles. The summed E-state index contributed by atoms with van der Waals surface area (Å²) in [7, 11) is 0. The Balaban J connectivity index is 1.29. The summed E-state index contributed by atoms with van der Waals surface area (Å²) in [5.74, 6) is 2.93. The molecule has 3 aliphatic rings. The third-order valence-corrected chi connectivity index (χ3v) is 7.57. The first kappa shape index (κ1) is 22.5. The smallest absolute Gasteiger partial charge is 0.127 e. The van der Waals surface area contributed by atoms with Crippen molar-refractivity contribution < 1.29 is 10.2 Å². The van der Waals surface area contributed by atoms with Gasteiger partial charge in [0.1, 0.15) is 23.2 Å². The number of hydrogen-bond donors (Lipinski definition) is 2. The average Bonchev–Trinajstić information content (AvgIpc) is 3.42. The molecule has 3 aromatic carbocycles. The second-order valence-corrected chi connectivity index (χ2v) is 10.0.